The van der Waals surface area contributed by atoms with Gasteiger partial charge in [-0.25, -0.2) is 13.2 Å². The van der Waals surface area contributed by atoms with Gasteiger partial charge in [0.25, 0.3) is 0 Å². The van der Waals surface area contributed by atoms with Gasteiger partial charge in [-0.2, -0.15) is 0 Å². The van der Waals surface area contributed by atoms with Crippen LogP contribution >= 0.6 is 0 Å². The first-order chi connectivity index (χ1) is 8.58. The van der Waals surface area contributed by atoms with Gasteiger partial charge in [-0.05, 0) is 47.8 Å². The fourth-order valence-corrected chi connectivity index (χ4v) is 2.83. The van der Waals surface area contributed by atoms with E-state index < -0.39 is 17.5 Å². The van der Waals surface area contributed by atoms with E-state index in [2.05, 4.69) is 6.92 Å². The Hall–Kier alpha value is -1.51. The zero-order valence-corrected chi connectivity index (χ0v) is 10.1. The highest BCUT2D eigenvalue weighted by Gasteiger charge is 2.21. The van der Waals surface area contributed by atoms with E-state index in [1.165, 1.54) is 0 Å². The summed E-state index contributed by atoms with van der Waals surface area (Å²) < 4.78 is 40.2. The molecule has 0 saturated carbocycles. The molecule has 1 atom stereocenters. The summed E-state index contributed by atoms with van der Waals surface area (Å²) in [6.07, 6.45) is 2.73. The molecule has 3 heteroatoms. The van der Waals surface area contributed by atoms with E-state index in [0.29, 0.717) is 11.3 Å². The summed E-state index contributed by atoms with van der Waals surface area (Å²) in [6.45, 7) is 2.17. The summed E-state index contributed by atoms with van der Waals surface area (Å²) in [4.78, 5) is 0. The zero-order chi connectivity index (χ0) is 12.9. The monoisotopic (exact) mass is 250 g/mol. The Labute approximate surface area is 103 Å². The first kappa shape index (κ1) is 11.6. The maximum absolute atomic E-state index is 13.7. The number of rotatable bonds is 0. The lowest BCUT2D eigenvalue weighted by Crippen LogP contribution is -2.12. The predicted octanol–water partition coefficient (Wildman–Crippen LogP) is 4.38. The van der Waals surface area contributed by atoms with Crippen molar-refractivity contribution in [2.45, 2.75) is 26.2 Å². The summed E-state index contributed by atoms with van der Waals surface area (Å²) in [5, 5.41) is 0.706. The lowest BCUT2D eigenvalue weighted by atomic mass is 9.82. The smallest absolute Gasteiger partial charge is 0.195 e. The molecule has 18 heavy (non-hydrogen) atoms. The van der Waals surface area contributed by atoms with E-state index in [-0.39, 0.29) is 5.39 Å². The molecule has 2 aromatic rings. The van der Waals surface area contributed by atoms with Crippen molar-refractivity contribution in [2.24, 2.45) is 5.92 Å². The molecule has 0 aliphatic heterocycles. The van der Waals surface area contributed by atoms with Crippen LogP contribution in [-0.4, -0.2) is 0 Å². The Morgan fingerprint density at radius 3 is 2.61 bits per heavy atom. The highest BCUT2D eigenvalue weighted by Crippen LogP contribution is 2.33. The number of benzene rings is 2. The average molecular weight is 250 g/mol. The van der Waals surface area contributed by atoms with Crippen molar-refractivity contribution < 1.29 is 13.2 Å². The minimum Gasteiger partial charge on any atom is -0.204 e. The lowest BCUT2D eigenvalue weighted by molar-refractivity contribution is 0.453. The van der Waals surface area contributed by atoms with Crippen molar-refractivity contribution >= 4 is 10.8 Å². The number of hydrogen-bond donors (Lipinski definition) is 0. The van der Waals surface area contributed by atoms with Crippen LogP contribution < -0.4 is 0 Å². The third kappa shape index (κ3) is 1.61. The summed E-state index contributed by atoms with van der Waals surface area (Å²) in [6, 6.07) is 4.53. The highest BCUT2D eigenvalue weighted by molar-refractivity contribution is 5.87. The molecule has 1 aliphatic carbocycles. The van der Waals surface area contributed by atoms with Crippen LogP contribution in [0.25, 0.3) is 10.8 Å². The Bertz CT molecular complexity index is 631. The molecule has 94 valence electrons. The Morgan fingerprint density at radius 2 is 1.83 bits per heavy atom. The number of fused-ring (bicyclic) bond motifs is 3. The SMILES string of the molecule is CC1CCc2c(ccc3c(F)c(F)c(F)cc23)C1. The van der Waals surface area contributed by atoms with Crippen LogP contribution in [0.5, 0.6) is 0 Å². The van der Waals surface area contributed by atoms with E-state index in [1.54, 1.807) is 6.07 Å². The fraction of sp³-hybridized carbons (Fsp3) is 0.333. The molecule has 0 spiro atoms. The molecule has 2 aromatic carbocycles. The second kappa shape index (κ2) is 4.01. The fourth-order valence-electron chi connectivity index (χ4n) is 2.83. The van der Waals surface area contributed by atoms with Crippen molar-refractivity contribution in [3.63, 3.8) is 0 Å². The molecule has 0 heterocycles. The average Bonchev–Trinajstić information content (AvgIpc) is 2.35. The second-order valence-electron chi connectivity index (χ2n) is 5.13. The quantitative estimate of drug-likeness (QED) is 0.608. The number of aryl methyl sites for hydroxylation is 1. The summed E-state index contributed by atoms with van der Waals surface area (Å²) >= 11 is 0. The molecule has 0 N–H and O–H groups in total. The topological polar surface area (TPSA) is 0 Å². The van der Waals surface area contributed by atoms with Gasteiger partial charge in [-0.3, -0.25) is 0 Å². The molecule has 0 radical (unpaired) electrons. The highest BCUT2D eigenvalue weighted by atomic mass is 19.2. The summed E-state index contributed by atoms with van der Waals surface area (Å²) in [7, 11) is 0. The van der Waals surface area contributed by atoms with E-state index in [1.807, 2.05) is 6.07 Å². The zero-order valence-electron chi connectivity index (χ0n) is 10.1. The molecule has 0 aromatic heterocycles. The van der Waals surface area contributed by atoms with Gasteiger partial charge in [0, 0.05) is 5.39 Å². The molecule has 0 bridgehead atoms. The number of halogens is 3. The van der Waals surface area contributed by atoms with Gasteiger partial charge >= 0.3 is 0 Å². The molecular weight excluding hydrogens is 237 g/mol. The van der Waals surface area contributed by atoms with Gasteiger partial charge in [0.1, 0.15) is 0 Å². The Balaban J connectivity index is 2.33. The van der Waals surface area contributed by atoms with Gasteiger partial charge < -0.3 is 0 Å². The van der Waals surface area contributed by atoms with Crippen LogP contribution in [0.4, 0.5) is 13.2 Å². The maximum atomic E-state index is 13.7. The molecule has 0 fully saturated rings. The first-order valence-corrected chi connectivity index (χ1v) is 6.16. The van der Waals surface area contributed by atoms with Gasteiger partial charge in [-0.1, -0.05) is 19.1 Å². The summed E-state index contributed by atoms with van der Waals surface area (Å²) in [5.74, 6) is -2.98. The van der Waals surface area contributed by atoms with E-state index in [0.717, 1.165) is 36.5 Å². The lowest BCUT2D eigenvalue weighted by Gasteiger charge is -2.23. The third-order valence-electron chi connectivity index (χ3n) is 3.82. The molecule has 1 unspecified atom stereocenters. The standard InChI is InChI=1S/C15H13F3/c1-8-2-4-10-9(6-8)3-5-11-12(10)7-13(16)15(18)14(11)17/h3,5,7-8H,2,4,6H2,1H3. The van der Waals surface area contributed by atoms with Crippen molar-refractivity contribution in [1.29, 1.82) is 0 Å². The first-order valence-electron chi connectivity index (χ1n) is 6.16. The molecule has 3 rings (SSSR count). The van der Waals surface area contributed by atoms with E-state index in [4.69, 9.17) is 0 Å². The largest absolute Gasteiger partial charge is 0.204 e. The maximum Gasteiger partial charge on any atom is 0.195 e. The molecule has 0 nitrogen and oxygen atoms in total. The Kier molecular flexibility index (Phi) is 2.58. The summed E-state index contributed by atoms with van der Waals surface area (Å²) in [5.41, 5.74) is 2.11. The van der Waals surface area contributed by atoms with Crippen LogP contribution in [0, 0.1) is 23.4 Å². The normalized spacial score (nSPS) is 19.0. The van der Waals surface area contributed by atoms with Crippen LogP contribution in [0.15, 0.2) is 18.2 Å². The van der Waals surface area contributed by atoms with Crippen molar-refractivity contribution in [3.05, 3.63) is 46.8 Å². The van der Waals surface area contributed by atoms with Crippen molar-refractivity contribution in [3.8, 4) is 0 Å². The van der Waals surface area contributed by atoms with Gasteiger partial charge in [0.05, 0.1) is 0 Å². The van der Waals surface area contributed by atoms with Crippen molar-refractivity contribution in [2.75, 3.05) is 0 Å². The second-order valence-corrected chi connectivity index (χ2v) is 5.13. The van der Waals surface area contributed by atoms with Crippen LogP contribution in [0.2, 0.25) is 0 Å². The van der Waals surface area contributed by atoms with E-state index in [9.17, 15) is 13.2 Å². The predicted molar refractivity (Wildman–Crippen MR) is 65.0 cm³/mol. The molecule has 1 aliphatic rings. The van der Waals surface area contributed by atoms with Gasteiger partial charge in [-0.15, -0.1) is 0 Å². The van der Waals surface area contributed by atoms with Crippen LogP contribution in [0.1, 0.15) is 24.5 Å². The third-order valence-corrected chi connectivity index (χ3v) is 3.82. The van der Waals surface area contributed by atoms with Gasteiger partial charge in [0.15, 0.2) is 17.5 Å². The Morgan fingerprint density at radius 1 is 1.06 bits per heavy atom. The minimum atomic E-state index is -1.38. The van der Waals surface area contributed by atoms with Crippen molar-refractivity contribution in [1.82, 2.24) is 0 Å². The van der Waals surface area contributed by atoms with Crippen LogP contribution in [-0.2, 0) is 12.8 Å². The van der Waals surface area contributed by atoms with E-state index >= 15 is 0 Å². The molecule has 0 saturated heterocycles. The minimum absolute atomic E-state index is 0.183. The number of hydrogen-bond acceptors (Lipinski definition) is 0. The van der Waals surface area contributed by atoms with Crippen LogP contribution in [0.3, 0.4) is 0 Å². The molecule has 0 amide bonds. The van der Waals surface area contributed by atoms with Gasteiger partial charge in [0.2, 0.25) is 0 Å². The molecular formula is C15H13F3.